The van der Waals surface area contributed by atoms with Gasteiger partial charge in [0.05, 0.1) is 17.9 Å². The second-order valence-corrected chi connectivity index (χ2v) is 9.57. The third-order valence-corrected chi connectivity index (χ3v) is 7.32. The van der Waals surface area contributed by atoms with Crippen LogP contribution in [0.5, 0.6) is 0 Å². The molecular formula is C22H32N4O2S. The number of hydrogen-bond acceptors (Lipinski definition) is 6. The summed E-state index contributed by atoms with van der Waals surface area (Å²) in [6.07, 6.45) is 7.58. The highest BCUT2D eigenvalue weighted by molar-refractivity contribution is 7.19. The van der Waals surface area contributed by atoms with Crippen LogP contribution in [0.3, 0.4) is 0 Å². The summed E-state index contributed by atoms with van der Waals surface area (Å²) >= 11 is 1.80. The van der Waals surface area contributed by atoms with E-state index < -0.39 is 6.10 Å². The summed E-state index contributed by atoms with van der Waals surface area (Å²) in [6.45, 7) is 4.94. The molecule has 0 saturated heterocycles. The summed E-state index contributed by atoms with van der Waals surface area (Å²) in [4.78, 5) is 29.2. The van der Waals surface area contributed by atoms with E-state index in [1.54, 1.807) is 23.2 Å². The number of likely N-dealkylation sites (N-methyl/N-ethyl adjacent to an activating group) is 1. The van der Waals surface area contributed by atoms with E-state index in [0.717, 1.165) is 23.5 Å². The van der Waals surface area contributed by atoms with Crippen LogP contribution in [0, 0.1) is 0 Å². The summed E-state index contributed by atoms with van der Waals surface area (Å²) in [7, 11) is 2.14. The zero-order chi connectivity index (χ0) is 20.5. The van der Waals surface area contributed by atoms with Crippen molar-refractivity contribution in [2.24, 2.45) is 0 Å². The molecule has 4 rings (SSSR count). The molecule has 1 N–H and O–H groups in total. The van der Waals surface area contributed by atoms with Crippen molar-refractivity contribution in [3.8, 4) is 0 Å². The number of aliphatic hydroxyl groups excluding tert-OH is 1. The minimum Gasteiger partial charge on any atom is -0.393 e. The van der Waals surface area contributed by atoms with Crippen molar-refractivity contribution in [3.63, 3.8) is 0 Å². The van der Waals surface area contributed by atoms with Crippen molar-refractivity contribution in [2.75, 3.05) is 25.0 Å². The van der Waals surface area contributed by atoms with Crippen LogP contribution in [0.2, 0.25) is 0 Å². The topological polar surface area (TPSA) is 69.6 Å². The number of anilines is 1. The number of aromatic nitrogens is 2. The number of rotatable bonds is 8. The van der Waals surface area contributed by atoms with Crippen molar-refractivity contribution >= 4 is 33.3 Å². The summed E-state index contributed by atoms with van der Waals surface area (Å²) in [5.41, 5.74) is 1.45. The fourth-order valence-corrected chi connectivity index (χ4v) is 5.47. The quantitative estimate of drug-likeness (QED) is 0.715. The maximum Gasteiger partial charge on any atom is 0.230 e. The maximum atomic E-state index is 12.9. The zero-order valence-electron chi connectivity index (χ0n) is 17.8. The van der Waals surface area contributed by atoms with Gasteiger partial charge in [-0.05, 0) is 64.4 Å². The van der Waals surface area contributed by atoms with Gasteiger partial charge in [0.2, 0.25) is 5.91 Å². The molecule has 1 fully saturated rings. The van der Waals surface area contributed by atoms with E-state index in [0.29, 0.717) is 31.4 Å². The second kappa shape index (κ2) is 8.56. The minimum atomic E-state index is -0.402. The number of carbonyl (C=O) groups excluding carboxylic acids is 1. The lowest BCUT2D eigenvalue weighted by atomic mass is 9.97. The molecule has 1 saturated carbocycles. The third-order valence-electron chi connectivity index (χ3n) is 6.13. The van der Waals surface area contributed by atoms with Crippen molar-refractivity contribution < 1.29 is 9.90 Å². The van der Waals surface area contributed by atoms with Gasteiger partial charge in [-0.15, -0.1) is 11.3 Å². The number of nitrogens with zero attached hydrogens (tertiary/aromatic N) is 4. The van der Waals surface area contributed by atoms with Gasteiger partial charge >= 0.3 is 0 Å². The first-order chi connectivity index (χ1) is 14.0. The van der Waals surface area contributed by atoms with Gasteiger partial charge in [-0.2, -0.15) is 0 Å². The number of hydrogen-bond donors (Lipinski definition) is 1. The van der Waals surface area contributed by atoms with Crippen molar-refractivity contribution in [1.29, 1.82) is 0 Å². The molecule has 2 aliphatic rings. The smallest absolute Gasteiger partial charge is 0.230 e. The monoisotopic (exact) mass is 416 g/mol. The Morgan fingerprint density at radius 1 is 1.28 bits per heavy atom. The Hall–Kier alpha value is -1.73. The van der Waals surface area contributed by atoms with Crippen molar-refractivity contribution in [1.82, 2.24) is 14.9 Å². The Kier molecular flexibility index (Phi) is 6.06. The normalized spacial score (nSPS) is 17.2. The van der Waals surface area contributed by atoms with Crippen molar-refractivity contribution in [3.05, 3.63) is 16.3 Å². The van der Waals surface area contributed by atoms with E-state index in [-0.39, 0.29) is 12.3 Å². The number of thiophene rings is 1. The van der Waals surface area contributed by atoms with Crippen LogP contribution in [0.15, 0.2) is 0 Å². The summed E-state index contributed by atoms with van der Waals surface area (Å²) < 4.78 is 0. The molecule has 7 heteroatoms. The van der Waals surface area contributed by atoms with Gasteiger partial charge in [0, 0.05) is 31.1 Å². The van der Waals surface area contributed by atoms with Gasteiger partial charge in [-0.3, -0.25) is 4.79 Å². The highest BCUT2D eigenvalue weighted by Crippen LogP contribution is 2.41. The predicted molar refractivity (Wildman–Crippen MR) is 118 cm³/mol. The Balaban J connectivity index is 1.65. The maximum absolute atomic E-state index is 12.9. The Morgan fingerprint density at radius 3 is 2.72 bits per heavy atom. The lowest BCUT2D eigenvalue weighted by Crippen LogP contribution is -2.34. The second-order valence-electron chi connectivity index (χ2n) is 8.48. The predicted octanol–water partition coefficient (Wildman–Crippen LogP) is 3.33. The van der Waals surface area contributed by atoms with E-state index in [4.69, 9.17) is 9.97 Å². The lowest BCUT2D eigenvalue weighted by molar-refractivity contribution is -0.130. The van der Waals surface area contributed by atoms with E-state index in [9.17, 15) is 9.90 Å². The molecule has 1 atom stereocenters. The van der Waals surface area contributed by atoms with Gasteiger partial charge in [0.25, 0.3) is 0 Å². The van der Waals surface area contributed by atoms with E-state index in [1.807, 2.05) is 6.92 Å². The van der Waals surface area contributed by atoms with Crippen LogP contribution in [0.25, 0.3) is 10.2 Å². The summed E-state index contributed by atoms with van der Waals surface area (Å²) in [5.74, 6) is 1.68. The van der Waals surface area contributed by atoms with Gasteiger partial charge in [0.15, 0.2) is 0 Å². The molecule has 0 radical (unpaired) electrons. The van der Waals surface area contributed by atoms with Gasteiger partial charge in [-0.25, -0.2) is 9.97 Å². The SMILES string of the molecule is CCN(CCC(C)O)C(=O)Cc1nc(N(C)C2CC2)c2c3c(sc2n1)CCCC3. The largest absolute Gasteiger partial charge is 0.393 e. The molecule has 29 heavy (non-hydrogen) atoms. The number of carbonyl (C=O) groups is 1. The molecule has 0 aromatic carbocycles. The molecule has 2 heterocycles. The third kappa shape index (κ3) is 4.40. The molecule has 0 aliphatic heterocycles. The molecule has 0 bridgehead atoms. The van der Waals surface area contributed by atoms with Crippen molar-refractivity contribution in [2.45, 2.75) is 77.4 Å². The average molecular weight is 417 g/mol. The van der Waals surface area contributed by atoms with Gasteiger partial charge in [0.1, 0.15) is 16.5 Å². The average Bonchev–Trinajstić information content (AvgIpc) is 3.47. The van der Waals surface area contributed by atoms with Crippen LogP contribution in [0.1, 0.15) is 62.2 Å². The highest BCUT2D eigenvalue weighted by Gasteiger charge is 2.31. The van der Waals surface area contributed by atoms with Crippen LogP contribution < -0.4 is 4.90 Å². The molecule has 6 nitrogen and oxygen atoms in total. The summed E-state index contributed by atoms with van der Waals surface area (Å²) in [6, 6.07) is 0.564. The van der Waals surface area contributed by atoms with Crippen LogP contribution in [-0.2, 0) is 24.1 Å². The van der Waals surface area contributed by atoms with Crippen LogP contribution in [-0.4, -0.2) is 58.2 Å². The van der Waals surface area contributed by atoms with E-state index in [1.165, 1.54) is 41.5 Å². The first-order valence-electron chi connectivity index (χ1n) is 11.0. The number of aryl methyl sites for hydroxylation is 2. The Bertz CT molecular complexity index is 891. The fourth-order valence-electron chi connectivity index (χ4n) is 4.20. The van der Waals surface area contributed by atoms with Crippen LogP contribution in [0.4, 0.5) is 5.82 Å². The Labute approximate surface area is 176 Å². The van der Waals surface area contributed by atoms with Gasteiger partial charge in [-0.1, -0.05) is 0 Å². The molecule has 2 aliphatic carbocycles. The highest BCUT2D eigenvalue weighted by atomic mass is 32.1. The standard InChI is InChI=1S/C22H32N4O2S/c1-4-26(12-11-14(2)27)19(28)13-18-23-21(25(3)15-9-10-15)20-16-7-5-6-8-17(16)29-22(20)24-18/h14-15,27H,4-13H2,1-3H3. The first-order valence-corrected chi connectivity index (χ1v) is 11.8. The molecule has 2 aromatic rings. The Morgan fingerprint density at radius 2 is 2.03 bits per heavy atom. The molecule has 2 aromatic heterocycles. The fraction of sp³-hybridized carbons (Fsp3) is 0.682. The molecular weight excluding hydrogens is 384 g/mol. The lowest BCUT2D eigenvalue weighted by Gasteiger charge is -2.23. The number of amides is 1. The molecule has 0 spiro atoms. The zero-order valence-corrected chi connectivity index (χ0v) is 18.6. The molecule has 1 amide bonds. The van der Waals surface area contributed by atoms with E-state index >= 15 is 0 Å². The van der Waals surface area contributed by atoms with Crippen LogP contribution >= 0.6 is 11.3 Å². The number of aliphatic hydroxyl groups is 1. The minimum absolute atomic E-state index is 0.0360. The molecule has 1 unspecified atom stereocenters. The first kappa shape index (κ1) is 20.5. The molecule has 158 valence electrons. The summed E-state index contributed by atoms with van der Waals surface area (Å²) in [5, 5.41) is 10.8. The van der Waals surface area contributed by atoms with E-state index in [2.05, 4.69) is 11.9 Å². The number of fused-ring (bicyclic) bond motifs is 3. The van der Waals surface area contributed by atoms with Gasteiger partial charge < -0.3 is 14.9 Å².